The summed E-state index contributed by atoms with van der Waals surface area (Å²) in [5.41, 5.74) is 35.7. The van der Waals surface area contributed by atoms with Gasteiger partial charge in [0.25, 0.3) is 0 Å². The van der Waals surface area contributed by atoms with Crippen LogP contribution in [0, 0.1) is 0 Å². The maximum absolute atomic E-state index is 7.76. The zero-order chi connectivity index (χ0) is 70.4. The molecule has 0 saturated carbocycles. The van der Waals surface area contributed by atoms with Crippen molar-refractivity contribution in [2.24, 2.45) is 0 Å². The summed E-state index contributed by atoms with van der Waals surface area (Å²) in [6.07, 6.45) is 0. The van der Waals surface area contributed by atoms with Crippen LogP contribution in [0.4, 0.5) is 34.1 Å². The number of rotatable bonds is 9. The summed E-state index contributed by atoms with van der Waals surface area (Å²) >= 11 is 0. The van der Waals surface area contributed by atoms with Crippen LogP contribution >= 0.6 is 0 Å². The van der Waals surface area contributed by atoms with E-state index < -0.39 is 10.8 Å². The van der Waals surface area contributed by atoms with E-state index in [1.165, 1.54) is 100 Å². The quantitative estimate of drug-likeness (QED) is 0.144. The second kappa shape index (κ2) is 22.2. The van der Waals surface area contributed by atoms with Gasteiger partial charge in [-0.1, -0.05) is 287 Å². The second-order valence-electron chi connectivity index (χ2n) is 30.0. The average molecular weight is 1360 g/mol. The standard InChI is InChI=1S/C103H66N2O2/c1-101(2)85-38-18-12-32-74(85)78-53-48-70(60-90(78)101)105(94-56-47-66(63-25-6-3-7-26-63)58-84(94)64-27-8-4-9-28-64)72-49-54-79-77-35-15-21-41-88(77)103(91(79)61-72)89-42-22-16-36-80(89)97-83-52-46-67(59-96(83)107-100(97)103)65-45-51-73-68(57-65)29-24-43-93(73)104(69-30-10-5-11-31-69)71-50-55-81-92(62-71)102(99-98(81)82-37-17-23-44-95(82)106-99)86-39-19-13-33-75(86)76-34-14-20-40-87(76)102/h3-62H,1-2H3. The van der Waals surface area contributed by atoms with Gasteiger partial charge in [-0.2, -0.15) is 0 Å². The predicted molar refractivity (Wildman–Crippen MR) is 439 cm³/mol. The van der Waals surface area contributed by atoms with E-state index in [2.05, 4.69) is 388 Å². The molecule has 0 fully saturated rings. The molecule has 5 aliphatic carbocycles. The predicted octanol–water partition coefficient (Wildman–Crippen LogP) is 27.3. The highest BCUT2D eigenvalue weighted by Gasteiger charge is 2.57. The van der Waals surface area contributed by atoms with Crippen molar-refractivity contribution in [2.45, 2.75) is 30.1 Å². The molecule has 18 aromatic rings. The Hall–Kier alpha value is -13.5. The maximum Gasteiger partial charge on any atom is 0.135 e. The second-order valence-corrected chi connectivity index (χ2v) is 30.0. The first-order chi connectivity index (χ1) is 52.8. The number of nitrogens with zero attached hydrogens (tertiary/aromatic N) is 2. The van der Waals surface area contributed by atoms with Gasteiger partial charge in [-0.15, -0.1) is 0 Å². The Kier molecular flexibility index (Phi) is 12.5. The Labute approximate surface area is 620 Å². The molecule has 0 aliphatic heterocycles. The van der Waals surface area contributed by atoms with Crippen LogP contribution < -0.4 is 9.80 Å². The number of hydrogen-bond acceptors (Lipinski definition) is 4. The highest BCUT2D eigenvalue weighted by molar-refractivity contribution is 6.09. The molecule has 5 aliphatic rings. The zero-order valence-corrected chi connectivity index (χ0v) is 58.9. The Bertz CT molecular complexity index is 6770. The molecule has 0 N–H and O–H groups in total. The Morgan fingerprint density at radius 3 is 1.28 bits per heavy atom. The molecule has 0 radical (unpaired) electrons. The largest absolute Gasteiger partial charge is 0.459 e. The highest BCUT2D eigenvalue weighted by Crippen LogP contribution is 2.68. The minimum atomic E-state index is -0.787. The van der Waals surface area contributed by atoms with Crippen LogP contribution in [-0.2, 0) is 16.2 Å². The van der Waals surface area contributed by atoms with Crippen molar-refractivity contribution in [1.29, 1.82) is 0 Å². The third-order valence-electron chi connectivity index (χ3n) is 24.4. The minimum absolute atomic E-state index is 0.221. The van der Waals surface area contributed by atoms with Gasteiger partial charge in [-0.3, -0.25) is 0 Å². The van der Waals surface area contributed by atoms with Crippen LogP contribution in [0.3, 0.4) is 0 Å². The molecule has 2 heterocycles. The summed E-state index contributed by atoms with van der Waals surface area (Å²) in [5.74, 6) is 1.94. The Morgan fingerprint density at radius 1 is 0.224 bits per heavy atom. The van der Waals surface area contributed by atoms with E-state index in [0.717, 1.165) is 112 Å². The van der Waals surface area contributed by atoms with Crippen LogP contribution in [0.15, 0.2) is 373 Å². The molecule has 4 heteroatoms. The normalized spacial score (nSPS) is 15.0. The van der Waals surface area contributed by atoms with Gasteiger partial charge in [-0.25, -0.2) is 0 Å². The van der Waals surface area contributed by atoms with Gasteiger partial charge in [0.2, 0.25) is 0 Å². The number of hydrogen-bond donors (Lipinski definition) is 0. The van der Waals surface area contributed by atoms with Crippen molar-refractivity contribution < 1.29 is 8.83 Å². The molecule has 0 saturated heterocycles. The van der Waals surface area contributed by atoms with Gasteiger partial charge < -0.3 is 18.6 Å². The minimum Gasteiger partial charge on any atom is -0.459 e. The first-order valence-corrected chi connectivity index (χ1v) is 37.3. The summed E-state index contributed by atoms with van der Waals surface area (Å²) in [6, 6.07) is 135. The maximum atomic E-state index is 7.76. The molecule has 107 heavy (non-hydrogen) atoms. The van der Waals surface area contributed by atoms with E-state index in [9.17, 15) is 0 Å². The van der Waals surface area contributed by atoms with Crippen molar-refractivity contribution in [3.05, 3.63) is 420 Å². The van der Waals surface area contributed by atoms with E-state index in [4.69, 9.17) is 8.83 Å². The average Bonchev–Trinajstić information content (AvgIpc) is 1.50. The topological polar surface area (TPSA) is 32.8 Å². The summed E-state index contributed by atoms with van der Waals surface area (Å²) in [5, 5.41) is 4.51. The summed E-state index contributed by atoms with van der Waals surface area (Å²) in [6.45, 7) is 4.76. The van der Waals surface area contributed by atoms with Crippen LogP contribution in [0.5, 0.6) is 0 Å². The number of para-hydroxylation sites is 2. The molecule has 1 unspecified atom stereocenters. The van der Waals surface area contributed by atoms with E-state index in [0.29, 0.717) is 0 Å². The lowest BCUT2D eigenvalue weighted by Gasteiger charge is -2.32. The van der Waals surface area contributed by atoms with Crippen LogP contribution in [-0.4, -0.2) is 0 Å². The molecular formula is C103H66N2O2. The van der Waals surface area contributed by atoms with Gasteiger partial charge >= 0.3 is 0 Å². The molecule has 4 nitrogen and oxygen atoms in total. The highest BCUT2D eigenvalue weighted by atomic mass is 16.3. The molecule has 0 amide bonds. The van der Waals surface area contributed by atoms with Crippen molar-refractivity contribution in [3.8, 4) is 89.0 Å². The summed E-state index contributed by atoms with van der Waals surface area (Å²) in [4.78, 5) is 4.97. The lowest BCUT2D eigenvalue weighted by Crippen LogP contribution is -2.26. The fraction of sp³-hybridized carbons (Fsp3) is 0.0485. The van der Waals surface area contributed by atoms with Crippen LogP contribution in [0.1, 0.15) is 69.9 Å². The van der Waals surface area contributed by atoms with E-state index in [-0.39, 0.29) is 5.41 Å². The molecule has 1 atom stereocenters. The Balaban J connectivity index is 0.672. The number of benzene rings is 16. The molecule has 2 spiro atoms. The number of anilines is 6. The first-order valence-electron chi connectivity index (χ1n) is 37.3. The van der Waals surface area contributed by atoms with Gasteiger partial charge in [-0.05, 0) is 213 Å². The third-order valence-corrected chi connectivity index (χ3v) is 24.4. The van der Waals surface area contributed by atoms with Crippen LogP contribution in [0.2, 0.25) is 0 Å². The SMILES string of the molecule is CC1(C)c2ccccc2-c2ccc(N(c3ccc4c(c3)C3(c5ccccc5-4)c4ccccc4-c4c3oc3cc(-c5ccc6c(N(c7ccccc7)c7ccc8c(c7)C7(c9ccccc9-c9ccccc97)c7oc9ccccc9c7-8)cccc6c5)ccc43)c3ccc(-c4ccccc4)cc3-c3ccccc3)cc21. The fourth-order valence-corrected chi connectivity index (χ4v) is 19.9. The van der Waals surface area contributed by atoms with Crippen molar-refractivity contribution in [3.63, 3.8) is 0 Å². The summed E-state index contributed by atoms with van der Waals surface area (Å²) in [7, 11) is 0. The van der Waals surface area contributed by atoms with E-state index >= 15 is 0 Å². The molecular weight excluding hydrogens is 1300 g/mol. The Morgan fingerprint density at radius 2 is 0.645 bits per heavy atom. The lowest BCUT2D eigenvalue weighted by atomic mass is 9.73. The van der Waals surface area contributed by atoms with E-state index in [1.807, 2.05) is 0 Å². The van der Waals surface area contributed by atoms with Gasteiger partial charge in [0.15, 0.2) is 0 Å². The van der Waals surface area contributed by atoms with Crippen LogP contribution in [0.25, 0.3) is 122 Å². The van der Waals surface area contributed by atoms with Crippen molar-refractivity contribution in [2.75, 3.05) is 9.80 Å². The zero-order valence-electron chi connectivity index (χ0n) is 58.9. The van der Waals surface area contributed by atoms with Gasteiger partial charge in [0.1, 0.15) is 33.5 Å². The third kappa shape index (κ3) is 8.16. The van der Waals surface area contributed by atoms with Crippen molar-refractivity contribution in [1.82, 2.24) is 0 Å². The smallest absolute Gasteiger partial charge is 0.135 e. The first kappa shape index (κ1) is 59.9. The van der Waals surface area contributed by atoms with Crippen molar-refractivity contribution >= 4 is 66.8 Å². The monoisotopic (exact) mass is 1360 g/mol. The number of furan rings is 2. The molecule has 0 bridgehead atoms. The molecule has 23 rings (SSSR count). The molecule has 500 valence electrons. The molecule has 16 aromatic carbocycles. The van der Waals surface area contributed by atoms with Gasteiger partial charge in [0.05, 0.1) is 11.4 Å². The summed E-state index contributed by atoms with van der Waals surface area (Å²) < 4.78 is 14.9. The van der Waals surface area contributed by atoms with E-state index in [1.54, 1.807) is 0 Å². The number of fused-ring (bicyclic) bond motifs is 28. The lowest BCUT2D eigenvalue weighted by molar-refractivity contribution is 0.506. The van der Waals surface area contributed by atoms with Gasteiger partial charge in [0, 0.05) is 61.0 Å². The molecule has 2 aromatic heterocycles. The fourth-order valence-electron chi connectivity index (χ4n) is 19.9.